The van der Waals surface area contributed by atoms with Crippen molar-refractivity contribution in [1.82, 2.24) is 24.6 Å². The Bertz CT molecular complexity index is 1510. The van der Waals surface area contributed by atoms with Gasteiger partial charge in [-0.2, -0.15) is 0 Å². The molecule has 2 aromatic heterocycles. The molecule has 1 aliphatic carbocycles. The second kappa shape index (κ2) is 8.33. The van der Waals surface area contributed by atoms with E-state index in [4.69, 9.17) is 0 Å². The number of anilines is 1. The summed E-state index contributed by atoms with van der Waals surface area (Å²) in [6, 6.07) is 12.6. The van der Waals surface area contributed by atoms with Gasteiger partial charge in [-0.25, -0.2) is 18.9 Å². The molecule has 1 saturated heterocycles. The molecule has 2 fully saturated rings. The topological polar surface area (TPSA) is 95.9 Å². The van der Waals surface area contributed by atoms with Crippen LogP contribution in [0.5, 0.6) is 0 Å². The highest BCUT2D eigenvalue weighted by Gasteiger charge is 2.37. The van der Waals surface area contributed by atoms with Gasteiger partial charge in [0.05, 0.1) is 11.2 Å². The molecule has 1 saturated carbocycles. The molecule has 2 N–H and O–H groups in total. The lowest BCUT2D eigenvalue weighted by Crippen LogP contribution is -2.33. The van der Waals surface area contributed by atoms with Crippen LogP contribution in [0.2, 0.25) is 0 Å². The highest BCUT2D eigenvalue weighted by molar-refractivity contribution is 5.84. The lowest BCUT2D eigenvalue weighted by molar-refractivity contribution is -0.131. The number of aromatic nitrogens is 4. The maximum atomic E-state index is 15.3. The SMILES string of the molecule is Cc1cnc2cc(-c3ccc(-n4c(N[C@@H]5CCN(C(=O)C6CC6)C5)n[nH]c4=O)c(F)c3)ccc2c1. The summed E-state index contributed by atoms with van der Waals surface area (Å²) in [6.45, 7) is 3.21. The molecule has 1 aliphatic heterocycles. The number of carbonyl (C=O) groups is 1. The van der Waals surface area contributed by atoms with Gasteiger partial charge in [-0.3, -0.25) is 9.78 Å². The van der Waals surface area contributed by atoms with E-state index in [0.29, 0.717) is 18.7 Å². The Morgan fingerprint density at radius 2 is 1.91 bits per heavy atom. The van der Waals surface area contributed by atoms with Crippen molar-refractivity contribution < 1.29 is 9.18 Å². The van der Waals surface area contributed by atoms with Gasteiger partial charge in [-0.15, -0.1) is 5.10 Å². The van der Waals surface area contributed by atoms with Crippen LogP contribution >= 0.6 is 0 Å². The second-order valence-electron chi connectivity index (χ2n) is 9.46. The number of rotatable bonds is 5. The van der Waals surface area contributed by atoms with Crippen LogP contribution in [0.1, 0.15) is 24.8 Å². The summed E-state index contributed by atoms with van der Waals surface area (Å²) in [4.78, 5) is 31.2. The monoisotopic (exact) mass is 472 g/mol. The fourth-order valence-corrected chi connectivity index (χ4v) is 4.75. The summed E-state index contributed by atoms with van der Waals surface area (Å²) in [6.07, 6.45) is 4.49. The lowest BCUT2D eigenvalue weighted by atomic mass is 10.0. The Labute approximate surface area is 200 Å². The van der Waals surface area contributed by atoms with Crippen molar-refractivity contribution in [3.05, 3.63) is 70.5 Å². The first-order valence-electron chi connectivity index (χ1n) is 11.9. The van der Waals surface area contributed by atoms with E-state index in [1.807, 2.05) is 30.0 Å². The van der Waals surface area contributed by atoms with Crippen LogP contribution in [-0.4, -0.2) is 49.7 Å². The number of aryl methyl sites for hydroxylation is 1. The van der Waals surface area contributed by atoms with Crippen LogP contribution in [0.15, 0.2) is 53.5 Å². The zero-order valence-corrected chi connectivity index (χ0v) is 19.3. The molecule has 6 rings (SSSR count). The first-order chi connectivity index (χ1) is 17.0. The van der Waals surface area contributed by atoms with Crippen LogP contribution in [-0.2, 0) is 4.79 Å². The molecule has 2 aromatic carbocycles. The highest BCUT2D eigenvalue weighted by Crippen LogP contribution is 2.32. The molecule has 0 bridgehead atoms. The molecule has 2 aliphatic rings. The molecular formula is C26H25FN6O2. The number of halogens is 1. The van der Waals surface area contributed by atoms with Gasteiger partial charge in [0.15, 0.2) is 0 Å². The van der Waals surface area contributed by atoms with Gasteiger partial charge >= 0.3 is 5.69 Å². The third-order valence-electron chi connectivity index (χ3n) is 6.77. The normalized spacial score (nSPS) is 17.8. The summed E-state index contributed by atoms with van der Waals surface area (Å²) in [5, 5.41) is 10.7. The van der Waals surface area contributed by atoms with Crippen molar-refractivity contribution in [3.63, 3.8) is 0 Å². The van der Waals surface area contributed by atoms with E-state index >= 15 is 4.39 Å². The highest BCUT2D eigenvalue weighted by atomic mass is 19.1. The number of hydrogen-bond donors (Lipinski definition) is 2. The van der Waals surface area contributed by atoms with Crippen molar-refractivity contribution in [2.75, 3.05) is 18.4 Å². The Hall–Kier alpha value is -4.01. The first-order valence-corrected chi connectivity index (χ1v) is 11.9. The summed E-state index contributed by atoms with van der Waals surface area (Å²) in [7, 11) is 0. The van der Waals surface area contributed by atoms with E-state index in [2.05, 4.69) is 26.6 Å². The Kier molecular flexibility index (Phi) is 5.12. The molecule has 1 amide bonds. The fourth-order valence-electron chi connectivity index (χ4n) is 4.75. The van der Waals surface area contributed by atoms with Crippen LogP contribution in [0, 0.1) is 18.7 Å². The Morgan fingerprint density at radius 3 is 2.71 bits per heavy atom. The van der Waals surface area contributed by atoms with E-state index < -0.39 is 11.5 Å². The zero-order valence-electron chi connectivity index (χ0n) is 19.3. The molecule has 8 nitrogen and oxygen atoms in total. The third-order valence-corrected chi connectivity index (χ3v) is 6.77. The molecule has 9 heteroatoms. The minimum atomic E-state index is -0.539. The number of amides is 1. The van der Waals surface area contributed by atoms with Crippen LogP contribution < -0.4 is 11.0 Å². The predicted molar refractivity (Wildman–Crippen MR) is 131 cm³/mol. The fraction of sp³-hybridized carbons (Fsp3) is 0.308. The summed E-state index contributed by atoms with van der Waals surface area (Å²) < 4.78 is 16.5. The van der Waals surface area contributed by atoms with Crippen LogP contribution in [0.25, 0.3) is 27.7 Å². The minimum absolute atomic E-state index is 0.0530. The Morgan fingerprint density at radius 1 is 1.11 bits per heavy atom. The van der Waals surface area contributed by atoms with Crippen molar-refractivity contribution in [1.29, 1.82) is 0 Å². The van der Waals surface area contributed by atoms with Crippen molar-refractivity contribution >= 4 is 22.8 Å². The molecule has 0 radical (unpaired) electrons. The number of H-pyrrole nitrogens is 1. The standard InChI is InChI=1S/C26H25FN6O2/c1-15-10-19-5-4-18(12-22(19)28-13-15)17-6-7-23(21(27)11-17)33-25(30-31-26(33)35)29-20-8-9-32(14-20)24(34)16-2-3-16/h4-7,10-13,16,20H,2-3,8-9,14H2,1H3,(H,29,30)(H,31,35)/t20-/m1/s1. The Balaban J connectivity index is 1.26. The zero-order chi connectivity index (χ0) is 24.1. The van der Waals surface area contributed by atoms with Gasteiger partial charge in [0, 0.05) is 36.6 Å². The van der Waals surface area contributed by atoms with Gasteiger partial charge in [-0.05, 0) is 67.1 Å². The number of hydrogen-bond acceptors (Lipinski definition) is 5. The molecule has 3 heterocycles. The van der Waals surface area contributed by atoms with Gasteiger partial charge in [0.2, 0.25) is 11.9 Å². The number of fused-ring (bicyclic) bond motifs is 1. The molecule has 35 heavy (non-hydrogen) atoms. The number of nitrogens with zero attached hydrogens (tertiary/aromatic N) is 4. The van der Waals surface area contributed by atoms with E-state index in [1.54, 1.807) is 18.3 Å². The molecule has 0 unspecified atom stereocenters. The predicted octanol–water partition coefficient (Wildman–Crippen LogP) is 3.65. The van der Waals surface area contributed by atoms with Crippen molar-refractivity contribution in [2.24, 2.45) is 5.92 Å². The van der Waals surface area contributed by atoms with Crippen molar-refractivity contribution in [3.8, 4) is 16.8 Å². The number of likely N-dealkylation sites (tertiary alicyclic amines) is 1. The number of pyridine rings is 1. The largest absolute Gasteiger partial charge is 0.349 e. The average Bonchev–Trinajstić information content (AvgIpc) is 3.50. The van der Waals surface area contributed by atoms with Gasteiger partial charge in [0.25, 0.3) is 0 Å². The maximum Gasteiger partial charge on any atom is 0.349 e. The van der Waals surface area contributed by atoms with Crippen molar-refractivity contribution in [2.45, 2.75) is 32.2 Å². The average molecular weight is 473 g/mol. The maximum absolute atomic E-state index is 15.3. The minimum Gasteiger partial charge on any atom is -0.349 e. The molecule has 1 atom stereocenters. The van der Waals surface area contributed by atoms with Gasteiger partial charge in [-0.1, -0.05) is 18.2 Å². The number of benzene rings is 2. The molecule has 4 aromatic rings. The van der Waals surface area contributed by atoms with E-state index in [-0.39, 0.29) is 29.5 Å². The van der Waals surface area contributed by atoms with Gasteiger partial charge in [0.1, 0.15) is 5.82 Å². The van der Waals surface area contributed by atoms with E-state index in [9.17, 15) is 9.59 Å². The summed E-state index contributed by atoms with van der Waals surface area (Å²) >= 11 is 0. The number of aromatic amines is 1. The summed E-state index contributed by atoms with van der Waals surface area (Å²) in [5.41, 5.74) is 3.01. The van der Waals surface area contributed by atoms with Gasteiger partial charge < -0.3 is 10.2 Å². The molecule has 178 valence electrons. The smallest absolute Gasteiger partial charge is 0.349 e. The third kappa shape index (κ3) is 4.07. The summed E-state index contributed by atoms with van der Waals surface area (Å²) in [5.74, 6) is 0.0717. The lowest BCUT2D eigenvalue weighted by Gasteiger charge is -2.17. The number of nitrogens with one attached hydrogen (secondary N) is 2. The molecule has 0 spiro atoms. The van der Waals surface area contributed by atoms with Crippen LogP contribution in [0.4, 0.5) is 10.3 Å². The van der Waals surface area contributed by atoms with E-state index in [0.717, 1.165) is 41.3 Å². The number of carbonyl (C=O) groups excluding carboxylic acids is 1. The molecular weight excluding hydrogens is 447 g/mol. The first kappa shape index (κ1) is 21.5. The van der Waals surface area contributed by atoms with Crippen LogP contribution in [0.3, 0.4) is 0 Å². The quantitative estimate of drug-likeness (QED) is 0.462. The van der Waals surface area contributed by atoms with E-state index in [1.165, 1.54) is 10.6 Å². The second-order valence-corrected chi connectivity index (χ2v) is 9.46.